The number of unbranched alkanes of at least 4 members (excludes halogenated alkanes) is 1. The first-order valence-corrected chi connectivity index (χ1v) is 6.64. The summed E-state index contributed by atoms with van der Waals surface area (Å²) in [5.41, 5.74) is 2.59. The summed E-state index contributed by atoms with van der Waals surface area (Å²) < 4.78 is 1.66. The van der Waals surface area contributed by atoms with Gasteiger partial charge in [-0.15, -0.1) is 0 Å². The van der Waals surface area contributed by atoms with Gasteiger partial charge in [0.1, 0.15) is 11.3 Å². The van der Waals surface area contributed by atoms with Crippen molar-refractivity contribution in [3.05, 3.63) is 41.2 Å². The van der Waals surface area contributed by atoms with Gasteiger partial charge in [0.25, 0.3) is 0 Å². The first-order chi connectivity index (χ1) is 9.54. The molecule has 0 atom stereocenters. The predicted octanol–water partition coefficient (Wildman–Crippen LogP) is 2.93. The van der Waals surface area contributed by atoms with Gasteiger partial charge >= 0.3 is 5.97 Å². The van der Waals surface area contributed by atoms with Crippen molar-refractivity contribution in [3.8, 4) is 11.4 Å². The molecule has 0 radical (unpaired) electrons. The molecule has 0 fully saturated rings. The fourth-order valence-corrected chi connectivity index (χ4v) is 2.22. The van der Waals surface area contributed by atoms with Crippen LogP contribution >= 0.6 is 0 Å². The molecule has 2 rings (SSSR count). The van der Waals surface area contributed by atoms with Gasteiger partial charge in [0.2, 0.25) is 0 Å². The number of nitrogens with zero attached hydrogens (tertiary/aromatic N) is 2. The molecule has 0 unspecified atom stereocenters. The Kier molecular flexibility index (Phi) is 4.08. The molecule has 1 aromatic carbocycles. The highest BCUT2D eigenvalue weighted by Crippen LogP contribution is 2.23. The molecule has 1 aromatic heterocycles. The van der Waals surface area contributed by atoms with E-state index in [4.69, 9.17) is 0 Å². The summed E-state index contributed by atoms with van der Waals surface area (Å²) in [6.45, 7) is 3.92. The van der Waals surface area contributed by atoms with Crippen molar-refractivity contribution in [2.45, 2.75) is 33.1 Å². The molecule has 20 heavy (non-hydrogen) atoms. The Bertz CT molecular complexity index is 632. The van der Waals surface area contributed by atoms with E-state index in [1.807, 2.05) is 6.92 Å². The third-order valence-corrected chi connectivity index (χ3v) is 3.27. The lowest BCUT2D eigenvalue weighted by Crippen LogP contribution is -2.08. The molecule has 2 aromatic rings. The Morgan fingerprint density at radius 2 is 2.15 bits per heavy atom. The molecular weight excluding hydrogens is 256 g/mol. The lowest BCUT2D eigenvalue weighted by molar-refractivity contribution is 0.0695. The van der Waals surface area contributed by atoms with Gasteiger partial charge in [-0.1, -0.05) is 13.3 Å². The fraction of sp³-hybridized carbons (Fsp3) is 0.333. The number of carboxylic acid groups (broad SMARTS) is 1. The van der Waals surface area contributed by atoms with E-state index in [9.17, 15) is 15.0 Å². The van der Waals surface area contributed by atoms with E-state index in [1.54, 1.807) is 22.9 Å². The lowest BCUT2D eigenvalue weighted by atomic mass is 10.1. The smallest absolute Gasteiger partial charge is 0.339 e. The number of hydrogen-bond donors (Lipinski definition) is 2. The van der Waals surface area contributed by atoms with Crippen molar-refractivity contribution in [3.63, 3.8) is 0 Å². The maximum absolute atomic E-state index is 11.3. The van der Waals surface area contributed by atoms with Crippen molar-refractivity contribution in [2.24, 2.45) is 0 Å². The van der Waals surface area contributed by atoms with Crippen molar-refractivity contribution >= 4 is 5.97 Å². The van der Waals surface area contributed by atoms with E-state index in [0.29, 0.717) is 12.1 Å². The summed E-state index contributed by atoms with van der Waals surface area (Å²) in [5, 5.41) is 22.9. The number of aryl methyl sites for hydroxylation is 1. The van der Waals surface area contributed by atoms with Crippen LogP contribution in [0.2, 0.25) is 0 Å². The Hall–Kier alpha value is -2.30. The molecule has 0 bridgehead atoms. The Morgan fingerprint density at radius 1 is 1.40 bits per heavy atom. The number of aromatic carboxylic acids is 1. The summed E-state index contributed by atoms with van der Waals surface area (Å²) in [7, 11) is 0. The van der Waals surface area contributed by atoms with E-state index in [2.05, 4.69) is 12.0 Å². The topological polar surface area (TPSA) is 75.3 Å². The van der Waals surface area contributed by atoms with Gasteiger partial charge in [0.05, 0.1) is 17.6 Å². The van der Waals surface area contributed by atoms with Crippen LogP contribution in [-0.4, -0.2) is 26.0 Å². The molecule has 0 aliphatic rings. The number of aromatic hydroxyl groups is 1. The average molecular weight is 274 g/mol. The van der Waals surface area contributed by atoms with Crippen LogP contribution in [0.15, 0.2) is 24.4 Å². The largest absolute Gasteiger partial charge is 0.508 e. The molecule has 0 saturated heterocycles. The van der Waals surface area contributed by atoms with E-state index >= 15 is 0 Å². The van der Waals surface area contributed by atoms with Crippen molar-refractivity contribution < 1.29 is 15.0 Å². The Morgan fingerprint density at radius 3 is 2.75 bits per heavy atom. The fourth-order valence-electron chi connectivity index (χ4n) is 2.22. The standard InChI is InChI=1S/C15H18N2O3/c1-3-4-5-14-12(15(19)20)9-16-17(14)13-7-6-11(18)8-10(13)2/h6-9,18H,3-5H2,1-2H3,(H,19,20). The minimum absolute atomic E-state index is 0.187. The first-order valence-electron chi connectivity index (χ1n) is 6.64. The number of carboxylic acids is 1. The second-order valence-corrected chi connectivity index (χ2v) is 4.80. The van der Waals surface area contributed by atoms with E-state index in [0.717, 1.165) is 24.1 Å². The zero-order valence-corrected chi connectivity index (χ0v) is 11.6. The third-order valence-electron chi connectivity index (χ3n) is 3.27. The molecule has 0 saturated carbocycles. The Labute approximate surface area is 117 Å². The van der Waals surface area contributed by atoms with E-state index in [-0.39, 0.29) is 11.3 Å². The van der Waals surface area contributed by atoms with Crippen LogP contribution in [0.3, 0.4) is 0 Å². The van der Waals surface area contributed by atoms with Gasteiger partial charge in [0.15, 0.2) is 0 Å². The highest BCUT2D eigenvalue weighted by molar-refractivity contribution is 5.88. The molecule has 0 aliphatic carbocycles. The zero-order chi connectivity index (χ0) is 14.7. The van der Waals surface area contributed by atoms with Crippen molar-refractivity contribution in [1.82, 2.24) is 9.78 Å². The summed E-state index contributed by atoms with van der Waals surface area (Å²) in [4.78, 5) is 11.3. The van der Waals surface area contributed by atoms with Crippen LogP contribution in [0, 0.1) is 6.92 Å². The molecule has 0 aliphatic heterocycles. The van der Waals surface area contributed by atoms with Gasteiger partial charge in [-0.3, -0.25) is 0 Å². The minimum atomic E-state index is -0.959. The molecule has 1 heterocycles. The van der Waals surface area contributed by atoms with Gasteiger partial charge in [0, 0.05) is 0 Å². The molecule has 5 heteroatoms. The van der Waals surface area contributed by atoms with Gasteiger partial charge in [-0.25, -0.2) is 9.48 Å². The molecule has 106 valence electrons. The normalized spacial score (nSPS) is 10.7. The molecule has 5 nitrogen and oxygen atoms in total. The maximum Gasteiger partial charge on any atom is 0.339 e. The highest BCUT2D eigenvalue weighted by atomic mass is 16.4. The maximum atomic E-state index is 11.3. The van der Waals surface area contributed by atoms with Crippen LogP contribution in [0.25, 0.3) is 5.69 Å². The summed E-state index contributed by atoms with van der Waals surface area (Å²) in [5.74, 6) is -0.772. The SMILES string of the molecule is CCCCc1c(C(=O)O)cnn1-c1ccc(O)cc1C. The summed E-state index contributed by atoms with van der Waals surface area (Å²) >= 11 is 0. The van der Waals surface area contributed by atoms with Gasteiger partial charge in [-0.2, -0.15) is 5.10 Å². The number of carbonyl (C=O) groups is 1. The lowest BCUT2D eigenvalue weighted by Gasteiger charge is -2.11. The number of phenols is 1. The third kappa shape index (κ3) is 2.66. The Balaban J connectivity index is 2.52. The predicted molar refractivity (Wildman–Crippen MR) is 75.5 cm³/mol. The highest BCUT2D eigenvalue weighted by Gasteiger charge is 2.18. The molecule has 2 N–H and O–H groups in total. The zero-order valence-electron chi connectivity index (χ0n) is 11.6. The van der Waals surface area contributed by atoms with Crippen molar-refractivity contribution in [2.75, 3.05) is 0 Å². The number of hydrogen-bond acceptors (Lipinski definition) is 3. The molecular formula is C15H18N2O3. The number of rotatable bonds is 5. The second-order valence-electron chi connectivity index (χ2n) is 4.80. The van der Waals surface area contributed by atoms with E-state index < -0.39 is 5.97 Å². The second kappa shape index (κ2) is 5.77. The van der Waals surface area contributed by atoms with Crippen LogP contribution < -0.4 is 0 Å². The van der Waals surface area contributed by atoms with E-state index in [1.165, 1.54) is 6.20 Å². The number of phenolic OH excluding ortho intramolecular Hbond substituents is 1. The van der Waals surface area contributed by atoms with Gasteiger partial charge < -0.3 is 10.2 Å². The van der Waals surface area contributed by atoms with Crippen LogP contribution in [0.1, 0.15) is 41.4 Å². The summed E-state index contributed by atoms with van der Waals surface area (Å²) in [6.07, 6.45) is 3.94. The van der Waals surface area contributed by atoms with Crippen LogP contribution in [0.4, 0.5) is 0 Å². The van der Waals surface area contributed by atoms with Crippen molar-refractivity contribution in [1.29, 1.82) is 0 Å². The monoisotopic (exact) mass is 274 g/mol. The van der Waals surface area contributed by atoms with Crippen LogP contribution in [-0.2, 0) is 6.42 Å². The first kappa shape index (κ1) is 14.1. The molecule has 0 amide bonds. The van der Waals surface area contributed by atoms with Gasteiger partial charge in [-0.05, 0) is 43.5 Å². The average Bonchev–Trinajstić information content (AvgIpc) is 2.80. The number of aromatic nitrogens is 2. The molecule has 0 spiro atoms. The summed E-state index contributed by atoms with van der Waals surface area (Å²) in [6, 6.07) is 4.97. The number of benzene rings is 1. The van der Waals surface area contributed by atoms with Crippen LogP contribution in [0.5, 0.6) is 5.75 Å². The quantitative estimate of drug-likeness (QED) is 0.879. The minimum Gasteiger partial charge on any atom is -0.508 e.